The summed E-state index contributed by atoms with van der Waals surface area (Å²) in [5, 5.41) is 23.3. The molecule has 1 amide bonds. The van der Waals surface area contributed by atoms with Gasteiger partial charge in [-0.2, -0.15) is 10.4 Å². The summed E-state index contributed by atoms with van der Waals surface area (Å²) in [4.78, 5) is 22.3. The van der Waals surface area contributed by atoms with Crippen molar-refractivity contribution in [2.45, 2.75) is 0 Å². The van der Waals surface area contributed by atoms with E-state index in [1.54, 1.807) is 41.1 Å². The first-order valence-electron chi connectivity index (χ1n) is 7.95. The Labute approximate surface area is 158 Å². The second-order valence-electron chi connectivity index (χ2n) is 5.58. The molecule has 0 saturated carbocycles. The number of rotatable bonds is 5. The van der Waals surface area contributed by atoms with E-state index < -0.39 is 16.6 Å². The predicted octanol–water partition coefficient (Wildman–Crippen LogP) is 3.16. The lowest BCUT2D eigenvalue weighted by Gasteiger charge is -2.06. The van der Waals surface area contributed by atoms with Crippen molar-refractivity contribution in [3.8, 4) is 11.8 Å². The number of halogens is 1. The van der Waals surface area contributed by atoms with Gasteiger partial charge in [-0.05, 0) is 42.5 Å². The lowest BCUT2D eigenvalue weighted by atomic mass is 10.1. The van der Waals surface area contributed by atoms with Crippen LogP contribution < -0.4 is 5.43 Å². The number of nitro groups is 1. The number of amides is 1. The van der Waals surface area contributed by atoms with Gasteiger partial charge >= 0.3 is 0 Å². The number of hydrogen-bond acceptors (Lipinski definition) is 5. The van der Waals surface area contributed by atoms with Crippen LogP contribution in [0.2, 0.25) is 0 Å². The standard InChI is InChI=1S/C19H12FN5O3/c20-18-10-13(11-21)3-8-17(18)19(26)23-22-12-16-2-1-9-24(16)14-4-6-15(7-5-14)25(27)28/h1-10,12H,(H,23,26)/b22-12-. The van der Waals surface area contributed by atoms with Crippen molar-refractivity contribution in [1.29, 1.82) is 5.26 Å². The van der Waals surface area contributed by atoms with Crippen molar-refractivity contribution < 1.29 is 14.1 Å². The highest BCUT2D eigenvalue weighted by atomic mass is 19.1. The van der Waals surface area contributed by atoms with Gasteiger partial charge in [0.15, 0.2) is 0 Å². The molecule has 0 atom stereocenters. The van der Waals surface area contributed by atoms with Gasteiger partial charge < -0.3 is 4.57 Å². The third kappa shape index (κ3) is 3.91. The van der Waals surface area contributed by atoms with Crippen molar-refractivity contribution in [2.75, 3.05) is 0 Å². The zero-order valence-corrected chi connectivity index (χ0v) is 14.2. The number of benzene rings is 2. The van der Waals surface area contributed by atoms with Gasteiger partial charge in [-0.3, -0.25) is 14.9 Å². The molecule has 8 nitrogen and oxygen atoms in total. The average molecular weight is 377 g/mol. The van der Waals surface area contributed by atoms with Crippen molar-refractivity contribution in [3.05, 3.63) is 93.5 Å². The molecule has 0 unspecified atom stereocenters. The number of hydrogen-bond donors (Lipinski definition) is 1. The molecule has 2 aromatic carbocycles. The van der Waals surface area contributed by atoms with Crippen LogP contribution in [0, 0.1) is 27.3 Å². The smallest absolute Gasteiger partial charge is 0.274 e. The molecule has 3 aromatic rings. The number of nitro benzene ring substituents is 1. The van der Waals surface area contributed by atoms with Crippen LogP contribution in [-0.2, 0) is 0 Å². The third-order valence-electron chi connectivity index (χ3n) is 3.82. The van der Waals surface area contributed by atoms with Crippen molar-refractivity contribution >= 4 is 17.8 Å². The Morgan fingerprint density at radius 3 is 2.64 bits per heavy atom. The van der Waals surface area contributed by atoms with Gasteiger partial charge in [0.2, 0.25) is 0 Å². The average Bonchev–Trinajstić information content (AvgIpc) is 3.16. The summed E-state index contributed by atoms with van der Waals surface area (Å²) >= 11 is 0. The fraction of sp³-hybridized carbons (Fsp3) is 0. The molecule has 28 heavy (non-hydrogen) atoms. The number of nitrogens with zero attached hydrogens (tertiary/aromatic N) is 4. The topological polar surface area (TPSA) is 113 Å². The lowest BCUT2D eigenvalue weighted by Crippen LogP contribution is -2.19. The zero-order chi connectivity index (χ0) is 20.1. The molecule has 1 heterocycles. The van der Waals surface area contributed by atoms with Crippen LogP contribution in [0.4, 0.5) is 10.1 Å². The largest absolute Gasteiger partial charge is 0.316 e. The van der Waals surface area contributed by atoms with E-state index in [1.807, 2.05) is 0 Å². The van der Waals surface area contributed by atoms with Crippen LogP contribution >= 0.6 is 0 Å². The summed E-state index contributed by atoms with van der Waals surface area (Å²) in [6.07, 6.45) is 3.09. The maximum absolute atomic E-state index is 13.8. The maximum atomic E-state index is 13.8. The summed E-state index contributed by atoms with van der Waals surface area (Å²) in [5.41, 5.74) is 3.33. The Hall–Kier alpha value is -4.32. The summed E-state index contributed by atoms with van der Waals surface area (Å²) in [7, 11) is 0. The number of hydrazone groups is 1. The number of nitriles is 1. The molecule has 0 spiro atoms. The first kappa shape index (κ1) is 18.5. The third-order valence-corrected chi connectivity index (χ3v) is 3.82. The van der Waals surface area contributed by atoms with Gasteiger partial charge in [0, 0.05) is 24.0 Å². The van der Waals surface area contributed by atoms with Crippen LogP contribution in [0.25, 0.3) is 5.69 Å². The zero-order valence-electron chi connectivity index (χ0n) is 14.2. The molecular formula is C19H12FN5O3. The van der Waals surface area contributed by atoms with Gasteiger partial charge in [-0.1, -0.05) is 0 Å². The lowest BCUT2D eigenvalue weighted by molar-refractivity contribution is -0.384. The predicted molar refractivity (Wildman–Crippen MR) is 98.6 cm³/mol. The molecule has 0 radical (unpaired) electrons. The van der Waals surface area contributed by atoms with Crippen LogP contribution in [0.15, 0.2) is 65.9 Å². The SMILES string of the molecule is N#Cc1ccc(C(=O)N/N=C\c2cccn2-c2ccc([N+](=O)[O-])cc2)c(F)c1. The fourth-order valence-corrected chi connectivity index (χ4v) is 2.46. The number of aromatic nitrogens is 1. The summed E-state index contributed by atoms with van der Waals surface area (Å²) in [6, 6.07) is 14.7. The Balaban J connectivity index is 1.74. The molecule has 0 fully saturated rings. The number of nitrogens with one attached hydrogen (secondary N) is 1. The fourth-order valence-electron chi connectivity index (χ4n) is 2.46. The monoisotopic (exact) mass is 377 g/mol. The van der Waals surface area contributed by atoms with Crippen molar-refractivity contribution in [2.24, 2.45) is 5.10 Å². The molecular weight excluding hydrogens is 365 g/mol. The molecule has 0 aliphatic heterocycles. The number of carbonyl (C=O) groups is 1. The molecule has 0 bridgehead atoms. The Kier molecular flexibility index (Phi) is 5.23. The molecule has 3 rings (SSSR count). The normalized spacial score (nSPS) is 10.6. The van der Waals surface area contributed by atoms with E-state index in [2.05, 4.69) is 10.5 Å². The summed E-state index contributed by atoms with van der Waals surface area (Å²) in [6.45, 7) is 0. The van der Waals surface area contributed by atoms with E-state index in [9.17, 15) is 19.3 Å². The first-order chi connectivity index (χ1) is 13.5. The van der Waals surface area contributed by atoms with Gasteiger partial charge in [-0.15, -0.1) is 0 Å². The second kappa shape index (κ2) is 7.92. The molecule has 138 valence electrons. The highest BCUT2D eigenvalue weighted by molar-refractivity contribution is 5.95. The Bertz CT molecular complexity index is 1110. The maximum Gasteiger partial charge on any atom is 0.274 e. The molecule has 0 aliphatic carbocycles. The minimum atomic E-state index is -0.819. The molecule has 1 N–H and O–H groups in total. The summed E-state index contributed by atoms with van der Waals surface area (Å²) in [5.74, 6) is -1.58. The van der Waals surface area contributed by atoms with E-state index in [0.29, 0.717) is 11.4 Å². The van der Waals surface area contributed by atoms with E-state index >= 15 is 0 Å². The second-order valence-corrected chi connectivity index (χ2v) is 5.58. The Morgan fingerprint density at radius 1 is 1.25 bits per heavy atom. The van der Waals surface area contributed by atoms with E-state index in [1.165, 1.54) is 30.5 Å². The molecule has 9 heteroatoms. The van der Waals surface area contributed by atoms with E-state index in [0.717, 1.165) is 6.07 Å². The van der Waals surface area contributed by atoms with Gasteiger partial charge in [0.05, 0.1) is 34.0 Å². The minimum Gasteiger partial charge on any atom is -0.316 e. The van der Waals surface area contributed by atoms with Gasteiger partial charge in [-0.25, -0.2) is 9.82 Å². The Morgan fingerprint density at radius 2 is 2.00 bits per heavy atom. The van der Waals surface area contributed by atoms with E-state index in [4.69, 9.17) is 5.26 Å². The highest BCUT2D eigenvalue weighted by Crippen LogP contribution is 2.17. The first-order valence-corrected chi connectivity index (χ1v) is 7.95. The van der Waals surface area contributed by atoms with Crippen LogP contribution in [0.1, 0.15) is 21.6 Å². The molecule has 0 aliphatic rings. The molecule has 1 aromatic heterocycles. The quantitative estimate of drug-likeness (QED) is 0.418. The minimum absolute atomic E-state index is 0.0252. The van der Waals surface area contributed by atoms with E-state index in [-0.39, 0.29) is 16.8 Å². The summed E-state index contributed by atoms with van der Waals surface area (Å²) < 4.78 is 15.6. The number of carbonyl (C=O) groups excluding carboxylic acids is 1. The highest BCUT2D eigenvalue weighted by Gasteiger charge is 2.12. The molecule has 0 saturated heterocycles. The van der Waals surface area contributed by atoms with Crippen molar-refractivity contribution in [1.82, 2.24) is 9.99 Å². The van der Waals surface area contributed by atoms with Gasteiger partial charge in [0.1, 0.15) is 5.82 Å². The van der Waals surface area contributed by atoms with Gasteiger partial charge in [0.25, 0.3) is 11.6 Å². The van der Waals surface area contributed by atoms with Crippen molar-refractivity contribution in [3.63, 3.8) is 0 Å². The van der Waals surface area contributed by atoms with Crippen LogP contribution in [0.3, 0.4) is 0 Å². The van der Waals surface area contributed by atoms with Crippen LogP contribution in [0.5, 0.6) is 0 Å². The van der Waals surface area contributed by atoms with Crippen LogP contribution in [-0.4, -0.2) is 21.6 Å². The number of non-ortho nitro benzene ring substituents is 1.